The van der Waals surface area contributed by atoms with Gasteiger partial charge in [0.05, 0.1) is 6.26 Å². The van der Waals surface area contributed by atoms with Gasteiger partial charge in [-0.1, -0.05) is 27.7 Å². The smallest absolute Gasteiger partial charge is 0.219 e. The maximum atomic E-state index is 5.72. The zero-order chi connectivity index (χ0) is 15.3. The van der Waals surface area contributed by atoms with Crippen LogP contribution in [0.4, 0.5) is 5.82 Å². The molecule has 0 atom stereocenters. The van der Waals surface area contributed by atoms with Crippen molar-refractivity contribution in [2.24, 2.45) is 0 Å². The largest absolute Gasteiger partial charge is 0.469 e. The van der Waals surface area contributed by atoms with Crippen molar-refractivity contribution in [1.29, 1.82) is 0 Å². The molecule has 0 aliphatic heterocycles. The van der Waals surface area contributed by atoms with Crippen molar-refractivity contribution in [3.05, 3.63) is 36.0 Å². The van der Waals surface area contributed by atoms with E-state index in [1.54, 1.807) is 6.26 Å². The predicted molar refractivity (Wildman–Crippen MR) is 82.6 cm³/mol. The number of furan rings is 1. The Kier molecular flexibility index (Phi) is 4.83. The molecule has 2 heterocycles. The average molecular weight is 289 g/mol. The number of rotatable bonds is 6. The summed E-state index contributed by atoms with van der Waals surface area (Å²) in [6.07, 6.45) is 2.67. The van der Waals surface area contributed by atoms with Crippen molar-refractivity contribution in [3.8, 4) is 5.88 Å². The molecule has 2 aromatic rings. The van der Waals surface area contributed by atoms with Crippen LogP contribution in [-0.4, -0.2) is 16.5 Å². The molecular formula is C16H23N3O2. The Morgan fingerprint density at radius 2 is 2.10 bits per heavy atom. The summed E-state index contributed by atoms with van der Waals surface area (Å²) in [7, 11) is 0. The fraction of sp³-hybridized carbons (Fsp3) is 0.500. The van der Waals surface area contributed by atoms with Gasteiger partial charge in [0.15, 0.2) is 0 Å². The molecule has 0 aliphatic carbocycles. The molecular weight excluding hydrogens is 266 g/mol. The summed E-state index contributed by atoms with van der Waals surface area (Å²) in [6, 6.07) is 5.55. The Hall–Kier alpha value is -2.04. The van der Waals surface area contributed by atoms with Crippen molar-refractivity contribution in [2.75, 3.05) is 11.9 Å². The lowest BCUT2D eigenvalue weighted by atomic mass is 9.96. The molecule has 0 saturated heterocycles. The molecule has 0 unspecified atom stereocenters. The second-order valence-electron chi connectivity index (χ2n) is 5.96. The molecule has 0 bridgehead atoms. The monoisotopic (exact) mass is 289 g/mol. The zero-order valence-corrected chi connectivity index (χ0v) is 13.1. The molecule has 0 aromatic carbocycles. The van der Waals surface area contributed by atoms with Crippen molar-refractivity contribution < 1.29 is 9.15 Å². The van der Waals surface area contributed by atoms with Gasteiger partial charge in [0.2, 0.25) is 5.88 Å². The van der Waals surface area contributed by atoms with Gasteiger partial charge in [-0.15, -0.1) is 0 Å². The fourth-order valence-corrected chi connectivity index (χ4v) is 1.72. The van der Waals surface area contributed by atoms with E-state index in [4.69, 9.17) is 9.15 Å². The molecule has 0 aliphatic rings. The summed E-state index contributed by atoms with van der Waals surface area (Å²) >= 11 is 0. The van der Waals surface area contributed by atoms with Gasteiger partial charge in [-0.25, -0.2) is 4.98 Å². The number of hydrogen-bond donors (Lipinski definition) is 1. The van der Waals surface area contributed by atoms with E-state index in [0.29, 0.717) is 12.5 Å². The zero-order valence-electron chi connectivity index (χ0n) is 13.1. The predicted octanol–water partition coefficient (Wildman–Crippen LogP) is 3.77. The van der Waals surface area contributed by atoms with E-state index in [1.807, 2.05) is 18.2 Å². The second kappa shape index (κ2) is 6.61. The first-order valence-corrected chi connectivity index (χ1v) is 7.27. The highest BCUT2D eigenvalue weighted by atomic mass is 16.5. The summed E-state index contributed by atoms with van der Waals surface area (Å²) in [4.78, 5) is 9.06. The summed E-state index contributed by atoms with van der Waals surface area (Å²) < 4.78 is 11.0. The van der Waals surface area contributed by atoms with Crippen molar-refractivity contribution in [3.63, 3.8) is 0 Å². The van der Waals surface area contributed by atoms with E-state index < -0.39 is 0 Å². The van der Waals surface area contributed by atoms with Crippen molar-refractivity contribution in [2.45, 2.75) is 46.1 Å². The Bertz CT molecular complexity index is 559. The number of hydrogen-bond acceptors (Lipinski definition) is 5. The van der Waals surface area contributed by atoms with Crippen LogP contribution in [0.3, 0.4) is 0 Å². The summed E-state index contributed by atoms with van der Waals surface area (Å²) in [5.74, 6) is 2.89. The Labute approximate surface area is 125 Å². The minimum absolute atomic E-state index is 0.132. The van der Waals surface area contributed by atoms with Gasteiger partial charge < -0.3 is 14.5 Å². The Balaban J connectivity index is 2.17. The van der Waals surface area contributed by atoms with Gasteiger partial charge in [-0.3, -0.25) is 0 Å². The van der Waals surface area contributed by atoms with Gasteiger partial charge in [-0.2, -0.15) is 4.98 Å². The molecule has 0 fully saturated rings. The molecule has 114 valence electrons. The van der Waals surface area contributed by atoms with Crippen LogP contribution in [0.1, 0.15) is 45.7 Å². The maximum Gasteiger partial charge on any atom is 0.219 e. The lowest BCUT2D eigenvalue weighted by Crippen LogP contribution is -2.18. The van der Waals surface area contributed by atoms with Gasteiger partial charge in [-0.05, 0) is 18.6 Å². The molecule has 0 spiro atoms. The molecule has 0 radical (unpaired) electrons. The van der Waals surface area contributed by atoms with Crippen LogP contribution in [0, 0.1) is 0 Å². The van der Waals surface area contributed by atoms with Crippen LogP contribution < -0.4 is 10.1 Å². The van der Waals surface area contributed by atoms with Crippen LogP contribution in [-0.2, 0) is 12.0 Å². The first-order valence-electron chi connectivity index (χ1n) is 7.27. The summed E-state index contributed by atoms with van der Waals surface area (Å²) in [5.41, 5.74) is -0.132. The second-order valence-corrected chi connectivity index (χ2v) is 5.96. The Morgan fingerprint density at radius 1 is 1.29 bits per heavy atom. The van der Waals surface area contributed by atoms with E-state index in [0.717, 1.165) is 30.4 Å². The topological polar surface area (TPSA) is 60.2 Å². The average Bonchev–Trinajstić information content (AvgIpc) is 2.95. The molecule has 5 heteroatoms. The third-order valence-corrected chi connectivity index (χ3v) is 2.87. The lowest BCUT2D eigenvalue weighted by Gasteiger charge is -2.18. The number of ether oxygens (including phenoxy) is 1. The molecule has 5 nitrogen and oxygen atoms in total. The number of nitrogens with one attached hydrogen (secondary N) is 1. The lowest BCUT2D eigenvalue weighted by molar-refractivity contribution is 0.258. The van der Waals surface area contributed by atoms with E-state index in [-0.39, 0.29) is 5.41 Å². The normalized spacial score (nSPS) is 11.4. The highest BCUT2D eigenvalue weighted by molar-refractivity contribution is 5.39. The number of nitrogens with zero attached hydrogens (tertiary/aromatic N) is 2. The third-order valence-electron chi connectivity index (χ3n) is 2.87. The number of aromatic nitrogens is 2. The van der Waals surface area contributed by atoms with E-state index >= 15 is 0 Å². The van der Waals surface area contributed by atoms with Crippen molar-refractivity contribution in [1.82, 2.24) is 9.97 Å². The molecule has 0 amide bonds. The summed E-state index contributed by atoms with van der Waals surface area (Å²) in [5, 5.41) is 3.29. The third kappa shape index (κ3) is 4.48. The fourth-order valence-electron chi connectivity index (χ4n) is 1.72. The SMILES string of the molecule is CCCNc1cc(OCc2ccco2)nc(C(C)(C)C)n1. The number of anilines is 1. The van der Waals surface area contributed by atoms with E-state index in [2.05, 4.69) is 43.0 Å². The minimum atomic E-state index is -0.132. The van der Waals surface area contributed by atoms with Crippen LogP contribution in [0.5, 0.6) is 5.88 Å². The Morgan fingerprint density at radius 3 is 2.71 bits per heavy atom. The van der Waals surface area contributed by atoms with Gasteiger partial charge in [0.1, 0.15) is 24.0 Å². The minimum Gasteiger partial charge on any atom is -0.469 e. The van der Waals surface area contributed by atoms with E-state index in [9.17, 15) is 0 Å². The molecule has 1 N–H and O–H groups in total. The standard InChI is InChI=1S/C16H23N3O2/c1-5-8-17-13-10-14(19-15(18-13)16(2,3)4)21-11-12-7-6-9-20-12/h6-7,9-10H,5,8,11H2,1-4H3,(H,17,18,19). The van der Waals surface area contributed by atoms with Gasteiger partial charge >= 0.3 is 0 Å². The van der Waals surface area contributed by atoms with Crippen LogP contribution in [0.25, 0.3) is 0 Å². The van der Waals surface area contributed by atoms with Crippen molar-refractivity contribution >= 4 is 5.82 Å². The molecule has 0 saturated carbocycles. The summed E-state index contributed by atoms with van der Waals surface area (Å²) in [6.45, 7) is 9.61. The molecule has 21 heavy (non-hydrogen) atoms. The highest BCUT2D eigenvalue weighted by Crippen LogP contribution is 2.23. The molecule has 2 rings (SSSR count). The van der Waals surface area contributed by atoms with Crippen LogP contribution in [0.15, 0.2) is 28.9 Å². The van der Waals surface area contributed by atoms with Gasteiger partial charge in [0.25, 0.3) is 0 Å². The first-order chi connectivity index (χ1) is 9.99. The van der Waals surface area contributed by atoms with Gasteiger partial charge in [0, 0.05) is 18.0 Å². The van der Waals surface area contributed by atoms with E-state index in [1.165, 1.54) is 0 Å². The molecule has 2 aromatic heterocycles. The quantitative estimate of drug-likeness (QED) is 0.877. The first kappa shape index (κ1) is 15.4. The van der Waals surface area contributed by atoms with Crippen LogP contribution in [0.2, 0.25) is 0 Å². The maximum absolute atomic E-state index is 5.72. The van der Waals surface area contributed by atoms with Crippen LogP contribution >= 0.6 is 0 Å². The highest BCUT2D eigenvalue weighted by Gasteiger charge is 2.19.